The van der Waals surface area contributed by atoms with Crippen LogP contribution in [0.25, 0.3) is 10.8 Å². The van der Waals surface area contributed by atoms with E-state index >= 15 is 0 Å². The SMILES string of the molecule is COc1ccc(CN2CCc3nnc([C@@H](C)NC(=O)C(C)C)n3CC2)c2ccccc12. The molecule has 0 bridgehead atoms. The number of fused-ring (bicyclic) bond motifs is 2. The van der Waals surface area contributed by atoms with Gasteiger partial charge in [0.15, 0.2) is 5.82 Å². The van der Waals surface area contributed by atoms with Crippen molar-refractivity contribution in [2.24, 2.45) is 5.92 Å². The number of rotatable bonds is 6. The molecule has 0 spiro atoms. The summed E-state index contributed by atoms with van der Waals surface area (Å²) in [7, 11) is 1.72. The number of carbonyl (C=O) groups excluding carboxylic acids is 1. The summed E-state index contributed by atoms with van der Waals surface area (Å²) < 4.78 is 7.72. The number of hydrogen-bond acceptors (Lipinski definition) is 5. The molecule has 0 fully saturated rings. The van der Waals surface area contributed by atoms with Crippen molar-refractivity contribution < 1.29 is 9.53 Å². The van der Waals surface area contributed by atoms with Crippen LogP contribution in [0.2, 0.25) is 0 Å². The van der Waals surface area contributed by atoms with E-state index < -0.39 is 0 Å². The van der Waals surface area contributed by atoms with Crippen LogP contribution < -0.4 is 10.1 Å². The van der Waals surface area contributed by atoms with Gasteiger partial charge in [-0.15, -0.1) is 10.2 Å². The van der Waals surface area contributed by atoms with Gasteiger partial charge in [0.1, 0.15) is 11.6 Å². The van der Waals surface area contributed by atoms with Crippen LogP contribution in [0.5, 0.6) is 5.75 Å². The number of aromatic nitrogens is 3. The minimum absolute atomic E-state index is 0.0338. The highest BCUT2D eigenvalue weighted by Crippen LogP contribution is 2.29. The highest BCUT2D eigenvalue weighted by molar-refractivity contribution is 5.91. The van der Waals surface area contributed by atoms with E-state index in [1.54, 1.807) is 7.11 Å². The smallest absolute Gasteiger partial charge is 0.223 e. The molecule has 0 aliphatic carbocycles. The fraction of sp³-hybridized carbons (Fsp3) is 0.458. The summed E-state index contributed by atoms with van der Waals surface area (Å²) >= 11 is 0. The normalized spacial score (nSPS) is 15.5. The molecule has 0 saturated carbocycles. The van der Waals surface area contributed by atoms with E-state index in [1.165, 1.54) is 10.9 Å². The van der Waals surface area contributed by atoms with Crippen LogP contribution in [-0.4, -0.2) is 45.8 Å². The second-order valence-corrected chi connectivity index (χ2v) is 8.51. The lowest BCUT2D eigenvalue weighted by atomic mass is 10.0. The minimum atomic E-state index is -0.159. The fourth-order valence-electron chi connectivity index (χ4n) is 4.20. The number of nitrogens with zero attached hydrogens (tertiary/aromatic N) is 4. The first-order chi connectivity index (χ1) is 15.0. The molecule has 31 heavy (non-hydrogen) atoms. The minimum Gasteiger partial charge on any atom is -0.496 e. The van der Waals surface area contributed by atoms with Gasteiger partial charge in [0.25, 0.3) is 0 Å². The van der Waals surface area contributed by atoms with Crippen molar-refractivity contribution in [3.8, 4) is 5.75 Å². The Morgan fingerprint density at radius 2 is 1.84 bits per heavy atom. The lowest BCUT2D eigenvalue weighted by molar-refractivity contribution is -0.124. The van der Waals surface area contributed by atoms with Crippen molar-refractivity contribution in [2.45, 2.75) is 46.3 Å². The van der Waals surface area contributed by atoms with E-state index in [9.17, 15) is 4.79 Å². The number of carbonyl (C=O) groups is 1. The average Bonchev–Trinajstić information content (AvgIpc) is 3.08. The lowest BCUT2D eigenvalue weighted by Crippen LogP contribution is -2.32. The molecule has 3 aromatic rings. The Bertz CT molecular complexity index is 1080. The molecule has 1 aliphatic heterocycles. The standard InChI is InChI=1S/C24H31N5O2/c1-16(2)24(30)25-17(3)23-27-26-22-11-12-28(13-14-29(22)23)15-18-9-10-21(31-4)20-8-6-5-7-19(18)20/h5-10,16-17H,11-15H2,1-4H3,(H,25,30)/t17-/m1/s1. The maximum atomic E-state index is 12.1. The Kier molecular flexibility index (Phi) is 6.23. The fourth-order valence-corrected chi connectivity index (χ4v) is 4.20. The van der Waals surface area contributed by atoms with Crippen LogP contribution in [-0.2, 0) is 24.3 Å². The number of amides is 1. The Labute approximate surface area is 183 Å². The summed E-state index contributed by atoms with van der Waals surface area (Å²) in [4.78, 5) is 14.6. The maximum absolute atomic E-state index is 12.1. The van der Waals surface area contributed by atoms with Crippen molar-refractivity contribution in [3.05, 3.63) is 53.6 Å². The molecule has 1 N–H and O–H groups in total. The molecule has 0 saturated heterocycles. The highest BCUT2D eigenvalue weighted by Gasteiger charge is 2.23. The largest absolute Gasteiger partial charge is 0.496 e. The summed E-state index contributed by atoms with van der Waals surface area (Å²) in [5.41, 5.74) is 1.30. The molecular weight excluding hydrogens is 390 g/mol. The van der Waals surface area contributed by atoms with Gasteiger partial charge in [0.2, 0.25) is 5.91 Å². The summed E-state index contributed by atoms with van der Waals surface area (Å²) in [5.74, 6) is 2.71. The lowest BCUT2D eigenvalue weighted by Gasteiger charge is -2.21. The van der Waals surface area contributed by atoms with E-state index in [0.717, 1.165) is 55.4 Å². The Hall–Kier alpha value is -2.93. The van der Waals surface area contributed by atoms with E-state index in [2.05, 4.69) is 55.3 Å². The van der Waals surface area contributed by atoms with Crippen LogP contribution in [0.3, 0.4) is 0 Å². The van der Waals surface area contributed by atoms with Gasteiger partial charge in [-0.25, -0.2) is 0 Å². The third-order valence-corrected chi connectivity index (χ3v) is 6.01. The number of ether oxygens (including phenoxy) is 1. The predicted molar refractivity (Wildman–Crippen MR) is 121 cm³/mol. The van der Waals surface area contributed by atoms with Crippen LogP contribution in [0.1, 0.15) is 44.0 Å². The van der Waals surface area contributed by atoms with Crippen LogP contribution in [0.4, 0.5) is 0 Å². The Morgan fingerprint density at radius 1 is 1.06 bits per heavy atom. The number of hydrogen-bond donors (Lipinski definition) is 1. The molecule has 1 amide bonds. The van der Waals surface area contributed by atoms with E-state index in [4.69, 9.17) is 4.74 Å². The summed E-state index contributed by atoms with van der Waals surface area (Å²) in [6.07, 6.45) is 0.839. The zero-order valence-electron chi connectivity index (χ0n) is 18.8. The summed E-state index contributed by atoms with van der Waals surface area (Å²) in [6, 6.07) is 12.5. The molecule has 2 heterocycles. The van der Waals surface area contributed by atoms with E-state index in [0.29, 0.717) is 0 Å². The van der Waals surface area contributed by atoms with Gasteiger partial charge in [-0.1, -0.05) is 44.2 Å². The Balaban J connectivity index is 1.49. The molecule has 1 aromatic heterocycles. The molecule has 164 valence electrons. The third-order valence-electron chi connectivity index (χ3n) is 6.01. The van der Waals surface area contributed by atoms with Crippen molar-refractivity contribution in [3.63, 3.8) is 0 Å². The molecule has 4 rings (SSSR count). The van der Waals surface area contributed by atoms with Gasteiger partial charge in [0.05, 0.1) is 13.2 Å². The van der Waals surface area contributed by atoms with Gasteiger partial charge < -0.3 is 14.6 Å². The molecule has 2 aromatic carbocycles. The number of nitrogens with one attached hydrogen (secondary N) is 1. The number of benzene rings is 2. The topological polar surface area (TPSA) is 72.3 Å². The quantitative estimate of drug-likeness (QED) is 0.661. The first kappa shape index (κ1) is 21.3. The monoisotopic (exact) mass is 421 g/mol. The first-order valence-electron chi connectivity index (χ1n) is 11.0. The number of methoxy groups -OCH3 is 1. The predicted octanol–water partition coefficient (Wildman–Crippen LogP) is 3.33. The molecule has 0 unspecified atom stereocenters. The van der Waals surface area contributed by atoms with Crippen LogP contribution in [0, 0.1) is 5.92 Å². The molecule has 7 nitrogen and oxygen atoms in total. The van der Waals surface area contributed by atoms with Crippen LogP contribution in [0.15, 0.2) is 36.4 Å². The van der Waals surface area contributed by atoms with Gasteiger partial charge in [0, 0.05) is 43.9 Å². The van der Waals surface area contributed by atoms with Crippen molar-refractivity contribution in [1.82, 2.24) is 25.0 Å². The summed E-state index contributed by atoms with van der Waals surface area (Å²) in [5, 5.41) is 14.2. The van der Waals surface area contributed by atoms with Crippen molar-refractivity contribution in [2.75, 3.05) is 20.2 Å². The van der Waals surface area contributed by atoms with E-state index in [-0.39, 0.29) is 17.9 Å². The first-order valence-corrected chi connectivity index (χ1v) is 11.0. The van der Waals surface area contributed by atoms with Crippen molar-refractivity contribution >= 4 is 16.7 Å². The molecule has 7 heteroatoms. The molecule has 1 atom stereocenters. The van der Waals surface area contributed by atoms with Gasteiger partial charge >= 0.3 is 0 Å². The summed E-state index contributed by atoms with van der Waals surface area (Å²) in [6.45, 7) is 9.28. The van der Waals surface area contributed by atoms with Gasteiger partial charge in [-0.2, -0.15) is 0 Å². The molecule has 0 radical (unpaired) electrons. The second-order valence-electron chi connectivity index (χ2n) is 8.51. The average molecular weight is 422 g/mol. The van der Waals surface area contributed by atoms with Gasteiger partial charge in [-0.05, 0) is 23.9 Å². The maximum Gasteiger partial charge on any atom is 0.223 e. The third kappa shape index (κ3) is 4.42. The zero-order valence-corrected chi connectivity index (χ0v) is 18.8. The van der Waals surface area contributed by atoms with Crippen molar-refractivity contribution in [1.29, 1.82) is 0 Å². The molecule has 1 aliphatic rings. The van der Waals surface area contributed by atoms with Gasteiger partial charge in [-0.3, -0.25) is 9.69 Å². The second kappa shape index (κ2) is 9.06. The van der Waals surface area contributed by atoms with Crippen LogP contribution >= 0.6 is 0 Å². The zero-order chi connectivity index (χ0) is 22.0. The highest BCUT2D eigenvalue weighted by atomic mass is 16.5. The Morgan fingerprint density at radius 3 is 2.58 bits per heavy atom. The van der Waals surface area contributed by atoms with E-state index in [1.807, 2.05) is 26.8 Å². The molecular formula is C24H31N5O2.